The maximum atomic E-state index is 13.3. The van der Waals surface area contributed by atoms with Crippen LogP contribution in [0.1, 0.15) is 25.1 Å². The minimum Gasteiger partial charge on any atom is -0.476 e. The zero-order chi connectivity index (χ0) is 24.3. The predicted octanol–water partition coefficient (Wildman–Crippen LogP) is 7.06. The normalized spacial score (nSPS) is 11.3. The van der Waals surface area contributed by atoms with E-state index in [0.29, 0.717) is 16.7 Å². The number of carbonyl (C=O) groups excluding carboxylic acids is 1. The summed E-state index contributed by atoms with van der Waals surface area (Å²) >= 11 is 7.47. The highest BCUT2D eigenvalue weighted by Gasteiger charge is 2.35. The minimum atomic E-state index is -1.25. The smallest absolute Gasteiger partial charge is 0.356 e. The van der Waals surface area contributed by atoms with Gasteiger partial charge in [0.05, 0.1) is 16.3 Å². The van der Waals surface area contributed by atoms with E-state index in [4.69, 9.17) is 21.1 Å². The van der Waals surface area contributed by atoms with Crippen molar-refractivity contribution in [2.45, 2.75) is 43.1 Å². The van der Waals surface area contributed by atoms with Crippen molar-refractivity contribution in [3.63, 3.8) is 0 Å². The van der Waals surface area contributed by atoms with E-state index in [1.807, 2.05) is 68.4 Å². The van der Waals surface area contributed by atoms with Crippen LogP contribution in [0.15, 0.2) is 88.7 Å². The van der Waals surface area contributed by atoms with Crippen LogP contribution in [-0.4, -0.2) is 21.4 Å². The van der Waals surface area contributed by atoms with E-state index in [0.717, 1.165) is 21.2 Å². The molecule has 0 saturated heterocycles. The number of halogens is 1. The zero-order valence-corrected chi connectivity index (χ0v) is 21.0. The maximum Gasteiger partial charge on any atom is 0.356 e. The number of carbonyl (C=O) groups is 1. The van der Waals surface area contributed by atoms with Crippen molar-refractivity contribution in [3.8, 4) is 17.3 Å². The molecule has 4 rings (SSSR count). The SMILES string of the molecule is Cc1ccc(Sc2c(C)nn(-c3ccccc3)c2OC(=O)C(C)(C)Oc2ccc(Cl)cc2)cc1. The molecule has 5 nitrogen and oxygen atoms in total. The van der Waals surface area contributed by atoms with Crippen LogP contribution in [0.3, 0.4) is 0 Å². The molecule has 0 fully saturated rings. The Kier molecular flexibility index (Phi) is 7.00. The van der Waals surface area contributed by atoms with Gasteiger partial charge in [-0.2, -0.15) is 9.78 Å². The van der Waals surface area contributed by atoms with Crippen LogP contribution in [0.25, 0.3) is 5.69 Å². The van der Waals surface area contributed by atoms with Gasteiger partial charge in [-0.25, -0.2) is 4.79 Å². The van der Waals surface area contributed by atoms with Gasteiger partial charge < -0.3 is 9.47 Å². The number of ether oxygens (including phenoxy) is 2. The lowest BCUT2D eigenvalue weighted by molar-refractivity contribution is -0.149. The summed E-state index contributed by atoms with van der Waals surface area (Å²) in [6.45, 7) is 7.30. The molecule has 0 N–H and O–H groups in total. The summed E-state index contributed by atoms with van der Waals surface area (Å²) in [4.78, 5) is 15.1. The Bertz CT molecular complexity index is 1280. The first-order valence-corrected chi connectivity index (χ1v) is 12.0. The fraction of sp³-hybridized carbons (Fsp3) is 0.185. The molecule has 4 aromatic rings. The highest BCUT2D eigenvalue weighted by molar-refractivity contribution is 7.99. The van der Waals surface area contributed by atoms with E-state index >= 15 is 0 Å². The number of benzene rings is 3. The molecule has 0 aliphatic carbocycles. The molecule has 0 saturated carbocycles. The standard InChI is InChI=1S/C27H25ClN2O3S/c1-18-10-16-23(17-11-18)34-24-19(2)29-30(21-8-6-5-7-9-21)25(24)32-26(31)27(3,4)33-22-14-12-20(28)13-15-22/h5-17H,1-4H3. The molecule has 1 aromatic heterocycles. The third-order valence-corrected chi connectivity index (χ3v) is 6.51. The summed E-state index contributed by atoms with van der Waals surface area (Å²) in [5.41, 5.74) is 1.47. The number of esters is 1. The van der Waals surface area contributed by atoms with Gasteiger partial charge in [-0.15, -0.1) is 0 Å². The molecule has 0 unspecified atom stereocenters. The van der Waals surface area contributed by atoms with Crippen LogP contribution in [0.4, 0.5) is 0 Å². The van der Waals surface area contributed by atoms with E-state index in [2.05, 4.69) is 5.10 Å². The second-order valence-electron chi connectivity index (χ2n) is 8.34. The number of aromatic nitrogens is 2. The summed E-state index contributed by atoms with van der Waals surface area (Å²) in [6.07, 6.45) is 0. The average molecular weight is 493 g/mol. The van der Waals surface area contributed by atoms with Crippen molar-refractivity contribution < 1.29 is 14.3 Å². The van der Waals surface area contributed by atoms with Crippen molar-refractivity contribution in [1.82, 2.24) is 9.78 Å². The molecule has 0 aliphatic heterocycles. The first kappa shape index (κ1) is 23.9. The van der Waals surface area contributed by atoms with E-state index < -0.39 is 11.6 Å². The number of hydrogen-bond acceptors (Lipinski definition) is 5. The van der Waals surface area contributed by atoms with E-state index in [-0.39, 0.29) is 0 Å². The largest absolute Gasteiger partial charge is 0.476 e. The first-order valence-electron chi connectivity index (χ1n) is 10.8. The Morgan fingerprint density at radius 2 is 1.59 bits per heavy atom. The van der Waals surface area contributed by atoms with Crippen molar-refractivity contribution in [2.75, 3.05) is 0 Å². The Hall–Kier alpha value is -3.22. The van der Waals surface area contributed by atoms with Crippen LogP contribution in [-0.2, 0) is 4.79 Å². The predicted molar refractivity (Wildman–Crippen MR) is 135 cm³/mol. The summed E-state index contributed by atoms with van der Waals surface area (Å²) < 4.78 is 13.6. The van der Waals surface area contributed by atoms with Crippen LogP contribution in [0, 0.1) is 13.8 Å². The molecule has 7 heteroatoms. The van der Waals surface area contributed by atoms with Gasteiger partial charge in [0.15, 0.2) is 0 Å². The topological polar surface area (TPSA) is 53.4 Å². The van der Waals surface area contributed by atoms with E-state index in [9.17, 15) is 4.79 Å². The second kappa shape index (κ2) is 9.95. The fourth-order valence-electron chi connectivity index (χ4n) is 3.22. The maximum absolute atomic E-state index is 13.3. The Labute approximate surface area is 208 Å². The Morgan fingerprint density at radius 1 is 0.941 bits per heavy atom. The van der Waals surface area contributed by atoms with Gasteiger partial charge in [-0.1, -0.05) is 59.3 Å². The van der Waals surface area contributed by atoms with Gasteiger partial charge in [0, 0.05) is 9.92 Å². The van der Waals surface area contributed by atoms with Gasteiger partial charge >= 0.3 is 5.97 Å². The first-order chi connectivity index (χ1) is 16.2. The minimum absolute atomic E-state index is 0.354. The number of aryl methyl sites for hydroxylation is 2. The molecule has 0 aliphatic rings. The highest BCUT2D eigenvalue weighted by atomic mass is 35.5. The lowest BCUT2D eigenvalue weighted by atomic mass is 10.1. The monoisotopic (exact) mass is 492 g/mol. The van der Waals surface area contributed by atoms with Gasteiger partial charge in [0.2, 0.25) is 11.5 Å². The molecule has 34 heavy (non-hydrogen) atoms. The Morgan fingerprint density at radius 3 is 2.24 bits per heavy atom. The quantitative estimate of drug-likeness (QED) is 0.258. The van der Waals surface area contributed by atoms with Gasteiger partial charge in [0.25, 0.3) is 0 Å². The number of para-hydroxylation sites is 1. The molecule has 0 amide bonds. The van der Waals surface area contributed by atoms with Crippen LogP contribution >= 0.6 is 23.4 Å². The molecule has 0 bridgehead atoms. The number of nitrogens with zero attached hydrogens (tertiary/aromatic N) is 2. The second-order valence-corrected chi connectivity index (χ2v) is 9.86. The summed E-state index contributed by atoms with van der Waals surface area (Å²) in [7, 11) is 0. The highest BCUT2D eigenvalue weighted by Crippen LogP contribution is 2.39. The molecule has 0 radical (unpaired) electrons. The zero-order valence-electron chi connectivity index (χ0n) is 19.4. The molecular weight excluding hydrogens is 468 g/mol. The van der Waals surface area contributed by atoms with Crippen molar-refractivity contribution in [3.05, 3.63) is 95.1 Å². The molecule has 3 aromatic carbocycles. The Balaban J connectivity index is 1.68. The van der Waals surface area contributed by atoms with Gasteiger partial charge in [-0.05, 0) is 76.2 Å². The van der Waals surface area contributed by atoms with Crippen LogP contribution < -0.4 is 9.47 Å². The van der Waals surface area contributed by atoms with Crippen LogP contribution in [0.5, 0.6) is 11.6 Å². The third-order valence-electron chi connectivity index (χ3n) is 5.07. The lowest BCUT2D eigenvalue weighted by Gasteiger charge is -2.24. The molecule has 0 spiro atoms. The third kappa shape index (κ3) is 5.46. The number of hydrogen-bond donors (Lipinski definition) is 0. The number of rotatable bonds is 7. The van der Waals surface area contributed by atoms with Gasteiger partial charge in [0.1, 0.15) is 5.75 Å². The average Bonchev–Trinajstić information content (AvgIpc) is 3.12. The summed E-state index contributed by atoms with van der Waals surface area (Å²) in [6, 6.07) is 24.6. The fourth-order valence-corrected chi connectivity index (χ4v) is 4.25. The molecule has 174 valence electrons. The van der Waals surface area contributed by atoms with Gasteiger partial charge in [-0.3, -0.25) is 0 Å². The van der Waals surface area contributed by atoms with E-state index in [1.165, 1.54) is 17.3 Å². The summed E-state index contributed by atoms with van der Waals surface area (Å²) in [5.74, 6) is 0.339. The molecule has 0 atom stereocenters. The van der Waals surface area contributed by atoms with Crippen molar-refractivity contribution in [1.29, 1.82) is 0 Å². The lowest BCUT2D eigenvalue weighted by Crippen LogP contribution is -2.41. The van der Waals surface area contributed by atoms with E-state index in [1.54, 1.807) is 42.8 Å². The summed E-state index contributed by atoms with van der Waals surface area (Å²) in [5, 5.41) is 5.28. The van der Waals surface area contributed by atoms with Crippen molar-refractivity contribution in [2.24, 2.45) is 0 Å². The van der Waals surface area contributed by atoms with Crippen LogP contribution in [0.2, 0.25) is 5.02 Å². The molecule has 1 heterocycles. The van der Waals surface area contributed by atoms with Crippen molar-refractivity contribution >= 4 is 29.3 Å². The molecular formula is C27H25ClN2O3S.